The van der Waals surface area contributed by atoms with Crippen LogP contribution in [-0.4, -0.2) is 34.6 Å². The molecule has 2 aromatic rings. The van der Waals surface area contributed by atoms with Crippen LogP contribution in [0.2, 0.25) is 10.0 Å². The zero-order chi connectivity index (χ0) is 22.7. The highest BCUT2D eigenvalue weighted by Gasteiger charge is 2.34. The number of thiocarbonyl (C=S) groups is 1. The van der Waals surface area contributed by atoms with E-state index in [1.807, 2.05) is 19.1 Å². The number of halogens is 2. The number of rotatable bonds is 6. The molecule has 1 heterocycles. The van der Waals surface area contributed by atoms with Gasteiger partial charge in [0.1, 0.15) is 5.57 Å². The van der Waals surface area contributed by atoms with Gasteiger partial charge in [-0.1, -0.05) is 42.3 Å². The van der Waals surface area contributed by atoms with Gasteiger partial charge in [-0.2, -0.15) is 0 Å². The van der Waals surface area contributed by atoms with Gasteiger partial charge in [0, 0.05) is 0 Å². The van der Waals surface area contributed by atoms with E-state index >= 15 is 0 Å². The lowest BCUT2D eigenvalue weighted by Crippen LogP contribution is -2.54. The van der Waals surface area contributed by atoms with Crippen molar-refractivity contribution in [3.63, 3.8) is 0 Å². The van der Waals surface area contributed by atoms with E-state index in [0.717, 1.165) is 12.0 Å². The lowest BCUT2D eigenvalue weighted by atomic mass is 10.1. The molecule has 160 valence electrons. The zero-order valence-electron chi connectivity index (χ0n) is 16.1. The Morgan fingerprint density at radius 2 is 1.81 bits per heavy atom. The predicted octanol–water partition coefficient (Wildman–Crippen LogP) is 3.85. The molecule has 0 unspecified atom stereocenters. The zero-order valence-corrected chi connectivity index (χ0v) is 18.5. The molecule has 1 saturated heterocycles. The highest BCUT2D eigenvalue weighted by Crippen LogP contribution is 2.35. The largest absolute Gasteiger partial charge is 0.479 e. The molecule has 2 N–H and O–H groups in total. The average molecular weight is 479 g/mol. The van der Waals surface area contributed by atoms with Gasteiger partial charge in [0.05, 0.1) is 15.7 Å². The normalized spacial score (nSPS) is 15.3. The summed E-state index contributed by atoms with van der Waals surface area (Å²) in [5.41, 5.74) is 1.80. The first-order chi connectivity index (χ1) is 14.7. The lowest BCUT2D eigenvalue weighted by Gasteiger charge is -2.29. The van der Waals surface area contributed by atoms with Gasteiger partial charge in [-0.15, -0.1) is 0 Å². The number of carbonyl (C=O) groups is 3. The van der Waals surface area contributed by atoms with E-state index in [-0.39, 0.29) is 26.5 Å². The minimum Gasteiger partial charge on any atom is -0.479 e. The Morgan fingerprint density at radius 3 is 2.35 bits per heavy atom. The van der Waals surface area contributed by atoms with Crippen LogP contribution in [0.3, 0.4) is 0 Å². The third kappa shape index (κ3) is 5.04. The summed E-state index contributed by atoms with van der Waals surface area (Å²) in [7, 11) is 0. The van der Waals surface area contributed by atoms with Gasteiger partial charge < -0.3 is 9.84 Å². The van der Waals surface area contributed by atoms with Crippen LogP contribution in [0.4, 0.5) is 5.69 Å². The number of carbonyl (C=O) groups excluding carboxylic acids is 2. The van der Waals surface area contributed by atoms with E-state index in [4.69, 9.17) is 45.3 Å². The van der Waals surface area contributed by atoms with Crippen LogP contribution < -0.4 is 15.0 Å². The maximum atomic E-state index is 13.1. The van der Waals surface area contributed by atoms with E-state index in [1.165, 1.54) is 23.1 Å². The lowest BCUT2D eigenvalue weighted by molar-refractivity contribution is -0.139. The van der Waals surface area contributed by atoms with E-state index in [9.17, 15) is 14.4 Å². The Balaban J connectivity index is 1.95. The molecule has 3 rings (SSSR count). The summed E-state index contributed by atoms with van der Waals surface area (Å²) < 4.78 is 5.07. The van der Waals surface area contributed by atoms with Crippen molar-refractivity contribution in [1.29, 1.82) is 0 Å². The number of aryl methyl sites for hydroxylation is 1. The molecule has 31 heavy (non-hydrogen) atoms. The Kier molecular flexibility index (Phi) is 6.94. The Hall–Kier alpha value is -2.94. The second-order valence-electron chi connectivity index (χ2n) is 6.47. The quantitative estimate of drug-likeness (QED) is 0.371. The molecular formula is C21H16Cl2N2O5S. The van der Waals surface area contributed by atoms with Gasteiger partial charge in [-0.25, -0.2) is 4.79 Å². The first-order valence-electron chi connectivity index (χ1n) is 9.05. The monoisotopic (exact) mass is 478 g/mol. The number of carboxylic acids is 1. The van der Waals surface area contributed by atoms with Crippen molar-refractivity contribution < 1.29 is 24.2 Å². The number of aliphatic carboxylic acids is 1. The average Bonchev–Trinajstić information content (AvgIpc) is 2.70. The molecule has 0 saturated carbocycles. The summed E-state index contributed by atoms with van der Waals surface area (Å²) in [6.45, 7) is 1.39. The van der Waals surface area contributed by atoms with Crippen LogP contribution in [0, 0.1) is 0 Å². The number of amides is 2. The molecule has 1 aliphatic heterocycles. The van der Waals surface area contributed by atoms with Crippen molar-refractivity contribution in [3.05, 3.63) is 63.1 Å². The number of hydrogen-bond donors (Lipinski definition) is 2. The summed E-state index contributed by atoms with van der Waals surface area (Å²) in [6, 6.07) is 10.1. The van der Waals surface area contributed by atoms with Gasteiger partial charge in [0.15, 0.2) is 17.5 Å². The fourth-order valence-electron chi connectivity index (χ4n) is 2.87. The Morgan fingerprint density at radius 1 is 1.19 bits per heavy atom. The maximum Gasteiger partial charge on any atom is 0.341 e. The van der Waals surface area contributed by atoms with Gasteiger partial charge in [0.25, 0.3) is 11.8 Å². The van der Waals surface area contributed by atoms with Crippen molar-refractivity contribution in [2.45, 2.75) is 13.3 Å². The van der Waals surface area contributed by atoms with E-state index in [0.29, 0.717) is 11.3 Å². The summed E-state index contributed by atoms with van der Waals surface area (Å²) in [5.74, 6) is -2.46. The van der Waals surface area contributed by atoms with E-state index in [1.54, 1.807) is 12.1 Å². The topological polar surface area (TPSA) is 95.9 Å². The van der Waals surface area contributed by atoms with Crippen LogP contribution in [0.15, 0.2) is 42.0 Å². The molecule has 1 aliphatic rings. The van der Waals surface area contributed by atoms with Crippen molar-refractivity contribution in [2.75, 3.05) is 11.5 Å². The molecule has 0 radical (unpaired) electrons. The molecule has 2 aromatic carbocycles. The summed E-state index contributed by atoms with van der Waals surface area (Å²) in [5, 5.41) is 11.3. The molecule has 0 aliphatic carbocycles. The molecule has 1 fully saturated rings. The maximum absolute atomic E-state index is 13.1. The molecule has 0 spiro atoms. The predicted molar refractivity (Wildman–Crippen MR) is 122 cm³/mol. The first-order valence-corrected chi connectivity index (χ1v) is 10.2. The summed E-state index contributed by atoms with van der Waals surface area (Å²) in [6.07, 6.45) is 2.17. The number of hydrogen-bond acceptors (Lipinski definition) is 5. The number of anilines is 1. The third-order valence-electron chi connectivity index (χ3n) is 4.38. The van der Waals surface area contributed by atoms with Gasteiger partial charge in [-0.3, -0.25) is 19.8 Å². The second kappa shape index (κ2) is 9.47. The van der Waals surface area contributed by atoms with E-state index < -0.39 is 24.4 Å². The number of benzene rings is 2. The molecular weight excluding hydrogens is 463 g/mol. The number of ether oxygens (including phenoxy) is 1. The van der Waals surface area contributed by atoms with Crippen molar-refractivity contribution >= 4 is 70.1 Å². The van der Waals surface area contributed by atoms with Crippen LogP contribution >= 0.6 is 35.4 Å². The molecule has 0 bridgehead atoms. The molecule has 7 nitrogen and oxygen atoms in total. The third-order valence-corrected chi connectivity index (χ3v) is 5.22. The SMILES string of the molecule is CCc1ccc(N2C(=O)/C(=C/c3cc(Cl)c(OCC(=O)O)c(Cl)c3)C(=O)NC2=S)cc1. The van der Waals surface area contributed by atoms with Crippen LogP contribution in [0.5, 0.6) is 5.75 Å². The van der Waals surface area contributed by atoms with Crippen LogP contribution in [0.25, 0.3) is 6.08 Å². The van der Waals surface area contributed by atoms with Gasteiger partial charge in [-0.05, 0) is 60.1 Å². The summed E-state index contributed by atoms with van der Waals surface area (Å²) >= 11 is 17.5. The van der Waals surface area contributed by atoms with Gasteiger partial charge >= 0.3 is 5.97 Å². The van der Waals surface area contributed by atoms with Crippen LogP contribution in [-0.2, 0) is 20.8 Å². The highest BCUT2D eigenvalue weighted by atomic mass is 35.5. The molecule has 0 atom stereocenters. The molecule has 0 aromatic heterocycles. The standard InChI is InChI=1S/C21H16Cl2N2O5S/c1-2-11-3-5-13(6-4-11)25-20(29)14(19(28)24-21(25)31)7-12-8-15(22)18(16(23)9-12)30-10-17(26)27/h3-9H,2,10H2,1H3,(H,26,27)(H,24,28,31)/b14-7+. The molecule has 2 amide bonds. The number of nitrogens with one attached hydrogen (secondary N) is 1. The smallest absolute Gasteiger partial charge is 0.341 e. The Labute approximate surface area is 193 Å². The minimum absolute atomic E-state index is 0.00822. The number of nitrogens with zero attached hydrogens (tertiary/aromatic N) is 1. The summed E-state index contributed by atoms with van der Waals surface area (Å²) in [4.78, 5) is 37.4. The van der Waals surface area contributed by atoms with Crippen LogP contribution in [0.1, 0.15) is 18.1 Å². The minimum atomic E-state index is -1.19. The van der Waals surface area contributed by atoms with Gasteiger partial charge in [0.2, 0.25) is 0 Å². The highest BCUT2D eigenvalue weighted by molar-refractivity contribution is 7.80. The van der Waals surface area contributed by atoms with Crippen molar-refractivity contribution in [3.8, 4) is 5.75 Å². The first kappa shape index (κ1) is 22.7. The molecule has 10 heteroatoms. The fourth-order valence-corrected chi connectivity index (χ4v) is 3.77. The van der Waals surface area contributed by atoms with Crippen molar-refractivity contribution in [2.24, 2.45) is 0 Å². The fraction of sp³-hybridized carbons (Fsp3) is 0.143. The number of carboxylic acid groups (broad SMARTS) is 1. The van der Waals surface area contributed by atoms with E-state index in [2.05, 4.69) is 5.32 Å². The second-order valence-corrected chi connectivity index (χ2v) is 7.68. The Bertz CT molecular complexity index is 1090. The van der Waals surface area contributed by atoms with Crippen molar-refractivity contribution in [1.82, 2.24) is 5.32 Å².